The van der Waals surface area contributed by atoms with Gasteiger partial charge in [-0.2, -0.15) is 0 Å². The van der Waals surface area contributed by atoms with Crippen LogP contribution in [-0.2, 0) is 32.0 Å². The van der Waals surface area contributed by atoms with E-state index in [1.165, 1.54) is 0 Å². The number of piperidine rings is 1. The Labute approximate surface area is 317 Å². The number of methoxy groups -OCH3 is 2. The van der Waals surface area contributed by atoms with Crippen LogP contribution in [0.5, 0.6) is 0 Å². The summed E-state index contributed by atoms with van der Waals surface area (Å²) in [5.74, 6) is 0.858. The van der Waals surface area contributed by atoms with Gasteiger partial charge in [0, 0.05) is 81.5 Å². The summed E-state index contributed by atoms with van der Waals surface area (Å²) in [4.78, 5) is 46.4. The fourth-order valence-corrected chi connectivity index (χ4v) is 7.06. The molecular weight excluding hydrogens is 694 g/mol. The molecule has 0 saturated carbocycles. The minimum absolute atomic E-state index is 0.0208. The average molecular weight is 746 g/mol. The van der Waals surface area contributed by atoms with Gasteiger partial charge in [-0.25, -0.2) is 9.78 Å². The van der Waals surface area contributed by atoms with Gasteiger partial charge in [0.05, 0.1) is 17.6 Å². The zero-order chi connectivity index (χ0) is 38.0. The quantitative estimate of drug-likeness (QED) is 0.126. The van der Waals surface area contributed by atoms with Gasteiger partial charge >= 0.3 is 6.09 Å². The highest BCUT2D eigenvalue weighted by atomic mass is 35.5. The number of aryl methyl sites for hydroxylation is 1. The van der Waals surface area contributed by atoms with Crippen LogP contribution in [0.4, 0.5) is 4.79 Å². The zero-order valence-corrected chi connectivity index (χ0v) is 32.2. The molecule has 1 aliphatic heterocycles. The first-order valence-corrected chi connectivity index (χ1v) is 18.7. The standard InChI is InChI=1S/C41H52ClN5O6/c1-41(2,3)53-40(50)44-32(24-28-13-15-29(16-14-28)33-18-17-30(25-34(33)42)39(49)43-19-23-52-5)26-37(48)46-20-8-10-31(27-46)38-45-35-11-6-7-12-36(35)47(38)21-9-22-51-4/h6-7,11-18,25,31-32H,8-10,19-24,26-27H2,1-5H3,(H,43,49)(H,44,50)/t31-,32-/m1/s1. The molecule has 2 atom stereocenters. The van der Waals surface area contributed by atoms with E-state index in [-0.39, 0.29) is 24.2 Å². The molecule has 0 unspecified atom stereocenters. The highest BCUT2D eigenvalue weighted by Gasteiger charge is 2.31. The third-order valence-electron chi connectivity index (χ3n) is 9.27. The Bertz CT molecular complexity index is 1850. The van der Waals surface area contributed by atoms with Crippen molar-refractivity contribution in [2.75, 3.05) is 47.1 Å². The lowest BCUT2D eigenvalue weighted by Gasteiger charge is -2.34. The van der Waals surface area contributed by atoms with Crippen molar-refractivity contribution >= 4 is 40.5 Å². The van der Waals surface area contributed by atoms with Gasteiger partial charge < -0.3 is 34.3 Å². The van der Waals surface area contributed by atoms with Gasteiger partial charge in [-0.15, -0.1) is 0 Å². The largest absolute Gasteiger partial charge is 0.444 e. The number of carbonyl (C=O) groups excluding carboxylic acids is 3. The summed E-state index contributed by atoms with van der Waals surface area (Å²) in [7, 11) is 3.29. The smallest absolute Gasteiger partial charge is 0.407 e. The molecule has 12 heteroatoms. The maximum Gasteiger partial charge on any atom is 0.407 e. The van der Waals surface area contributed by atoms with E-state index in [1.807, 2.05) is 74.2 Å². The monoisotopic (exact) mass is 745 g/mol. The summed E-state index contributed by atoms with van der Waals surface area (Å²) in [5.41, 5.74) is 4.44. The fraction of sp³-hybridized carbons (Fsp3) is 0.463. The van der Waals surface area contributed by atoms with E-state index in [0.29, 0.717) is 49.9 Å². The SMILES string of the molecule is COCCCn1c([C@@H]2CCCN(C(=O)C[C@@H](Cc3ccc(-c4ccc(C(=O)NCCOC)cc4Cl)cc3)NC(=O)OC(C)(C)C)C2)nc2ccccc21. The summed E-state index contributed by atoms with van der Waals surface area (Å²) in [5, 5.41) is 6.23. The maximum absolute atomic E-state index is 14.0. The Morgan fingerprint density at radius 1 is 1.00 bits per heavy atom. The number of nitrogens with one attached hydrogen (secondary N) is 2. The first-order valence-electron chi connectivity index (χ1n) is 18.3. The van der Waals surface area contributed by atoms with E-state index < -0.39 is 17.7 Å². The topological polar surface area (TPSA) is 124 Å². The summed E-state index contributed by atoms with van der Waals surface area (Å²) in [6.07, 6.45) is 2.66. The molecule has 5 rings (SSSR count). The van der Waals surface area contributed by atoms with Crippen molar-refractivity contribution in [3.05, 3.63) is 88.7 Å². The number of ether oxygens (including phenoxy) is 3. The molecule has 2 heterocycles. The Morgan fingerprint density at radius 3 is 2.47 bits per heavy atom. The van der Waals surface area contributed by atoms with E-state index in [2.05, 4.69) is 21.3 Å². The third-order valence-corrected chi connectivity index (χ3v) is 9.58. The van der Waals surface area contributed by atoms with Crippen molar-refractivity contribution in [2.24, 2.45) is 0 Å². The molecule has 2 N–H and O–H groups in total. The maximum atomic E-state index is 14.0. The number of likely N-dealkylation sites (tertiary alicyclic amines) is 1. The van der Waals surface area contributed by atoms with E-state index in [0.717, 1.165) is 59.4 Å². The van der Waals surface area contributed by atoms with Crippen molar-refractivity contribution in [1.29, 1.82) is 0 Å². The predicted molar refractivity (Wildman–Crippen MR) is 207 cm³/mol. The second-order valence-electron chi connectivity index (χ2n) is 14.5. The second-order valence-corrected chi connectivity index (χ2v) is 14.9. The van der Waals surface area contributed by atoms with Crippen molar-refractivity contribution < 1.29 is 28.6 Å². The van der Waals surface area contributed by atoms with Gasteiger partial charge in [0.15, 0.2) is 0 Å². The minimum atomic E-state index is -0.686. The first kappa shape index (κ1) is 39.8. The molecule has 1 saturated heterocycles. The lowest BCUT2D eigenvalue weighted by atomic mass is 9.95. The van der Waals surface area contributed by atoms with Gasteiger partial charge in [-0.05, 0) is 81.8 Å². The lowest BCUT2D eigenvalue weighted by Crippen LogP contribution is -2.46. The number of para-hydroxylation sites is 2. The third kappa shape index (κ3) is 11.0. The molecule has 0 bridgehead atoms. The van der Waals surface area contributed by atoms with Crippen LogP contribution in [0, 0.1) is 0 Å². The number of halogens is 1. The van der Waals surface area contributed by atoms with Gasteiger partial charge in [0.25, 0.3) is 5.91 Å². The fourth-order valence-electron chi connectivity index (χ4n) is 6.77. The number of hydrogen-bond acceptors (Lipinski definition) is 7. The van der Waals surface area contributed by atoms with Crippen LogP contribution >= 0.6 is 11.6 Å². The van der Waals surface area contributed by atoms with Crippen LogP contribution in [0.2, 0.25) is 5.02 Å². The predicted octanol–water partition coefficient (Wildman–Crippen LogP) is 7.00. The molecule has 3 amide bonds. The van der Waals surface area contributed by atoms with Gasteiger partial charge in [0.2, 0.25) is 5.91 Å². The summed E-state index contributed by atoms with van der Waals surface area (Å²) >= 11 is 6.62. The number of alkyl carbamates (subject to hydrolysis) is 1. The Kier molecular flexibility index (Phi) is 13.9. The molecule has 11 nitrogen and oxygen atoms in total. The number of hydrogen-bond donors (Lipinski definition) is 2. The van der Waals surface area contributed by atoms with Crippen LogP contribution in [0.25, 0.3) is 22.2 Å². The Hall–Kier alpha value is -4.45. The number of amides is 3. The molecule has 1 aliphatic rings. The minimum Gasteiger partial charge on any atom is -0.444 e. The number of imidazole rings is 1. The Balaban J connectivity index is 1.29. The molecular formula is C41H52ClN5O6. The van der Waals surface area contributed by atoms with Gasteiger partial charge in [-0.1, -0.05) is 54.1 Å². The van der Waals surface area contributed by atoms with E-state index in [1.54, 1.807) is 26.4 Å². The van der Waals surface area contributed by atoms with E-state index in [9.17, 15) is 14.4 Å². The number of benzene rings is 3. The molecule has 4 aromatic rings. The average Bonchev–Trinajstić information content (AvgIpc) is 3.50. The van der Waals surface area contributed by atoms with Crippen molar-refractivity contribution in [3.8, 4) is 11.1 Å². The number of rotatable bonds is 15. The van der Waals surface area contributed by atoms with Crippen molar-refractivity contribution in [2.45, 2.75) is 77.0 Å². The molecule has 1 aromatic heterocycles. The number of nitrogens with zero attached hydrogens (tertiary/aromatic N) is 3. The molecule has 53 heavy (non-hydrogen) atoms. The van der Waals surface area contributed by atoms with Crippen LogP contribution in [0.15, 0.2) is 66.7 Å². The molecule has 0 radical (unpaired) electrons. The van der Waals surface area contributed by atoms with Crippen LogP contribution in [-0.4, -0.2) is 91.1 Å². The molecule has 0 spiro atoms. The van der Waals surface area contributed by atoms with Gasteiger partial charge in [0.1, 0.15) is 11.4 Å². The molecule has 3 aromatic carbocycles. The van der Waals surface area contributed by atoms with Crippen molar-refractivity contribution in [1.82, 2.24) is 25.1 Å². The first-order chi connectivity index (χ1) is 25.5. The van der Waals surface area contributed by atoms with E-state index in [4.69, 9.17) is 30.8 Å². The molecule has 0 aliphatic carbocycles. The summed E-state index contributed by atoms with van der Waals surface area (Å²) in [6.45, 7) is 8.94. The number of fused-ring (bicyclic) bond motifs is 1. The highest BCUT2D eigenvalue weighted by Crippen LogP contribution is 2.31. The highest BCUT2D eigenvalue weighted by molar-refractivity contribution is 6.33. The zero-order valence-electron chi connectivity index (χ0n) is 31.5. The second kappa shape index (κ2) is 18.5. The van der Waals surface area contributed by atoms with Gasteiger partial charge in [-0.3, -0.25) is 9.59 Å². The van der Waals surface area contributed by atoms with Crippen LogP contribution in [0.3, 0.4) is 0 Å². The molecule has 1 fully saturated rings. The lowest BCUT2D eigenvalue weighted by molar-refractivity contribution is -0.133. The normalized spacial score (nSPS) is 15.3. The van der Waals surface area contributed by atoms with Crippen LogP contribution in [0.1, 0.15) is 74.1 Å². The summed E-state index contributed by atoms with van der Waals surface area (Å²) in [6, 6.07) is 20.7. The number of carbonyl (C=O) groups is 3. The van der Waals surface area contributed by atoms with E-state index >= 15 is 0 Å². The Morgan fingerprint density at radius 2 is 1.75 bits per heavy atom. The molecule has 284 valence electrons. The van der Waals surface area contributed by atoms with Crippen LogP contribution < -0.4 is 10.6 Å². The summed E-state index contributed by atoms with van der Waals surface area (Å²) < 4.78 is 18.2. The van der Waals surface area contributed by atoms with Crippen molar-refractivity contribution in [3.63, 3.8) is 0 Å². The number of aromatic nitrogens is 2.